The van der Waals surface area contributed by atoms with Crippen LogP contribution in [0, 0.1) is 40.4 Å². The third kappa shape index (κ3) is 4.86. The zero-order valence-corrected chi connectivity index (χ0v) is 28.6. The van der Waals surface area contributed by atoms with E-state index in [-0.39, 0.29) is 18.1 Å². The van der Waals surface area contributed by atoms with Gasteiger partial charge in [0, 0.05) is 22.8 Å². The van der Waals surface area contributed by atoms with Gasteiger partial charge in [0.05, 0.1) is 32.3 Å². The van der Waals surface area contributed by atoms with E-state index in [1.54, 1.807) is 20.8 Å². The van der Waals surface area contributed by atoms with E-state index in [4.69, 9.17) is 28.4 Å². The van der Waals surface area contributed by atoms with E-state index in [2.05, 4.69) is 0 Å². The summed E-state index contributed by atoms with van der Waals surface area (Å²) in [5, 5.41) is 64.8. The summed E-state index contributed by atoms with van der Waals surface area (Å²) in [6, 6.07) is 0. The first-order valence-electron chi connectivity index (χ1n) is 16.8. The molecule has 0 unspecified atom stereocenters. The standard InChI is InChI=1S/C34H46O16/c1-12(2)13(3)8-19(36)50-24-26-33-11-46-34(26,31(44)45-6)28(42)23(40)25(33)32(5)15(9-18(33)49-29(24)43)14(4)7-16(27(32)41)47-30-22(39)21(38)20(37)17(10-35)48-30/h7-8,12,14-15,17-18,20-26,28,30,35,37-40,42H,9-11H2,1-6H3/b13-8+/t14-,15+,17-,18-,20-,21+,22-,23-,24-,25-,26-,28+,30-,32+,33-,34-/m1/s1. The van der Waals surface area contributed by atoms with E-state index in [0.717, 1.165) is 7.11 Å². The lowest BCUT2D eigenvalue weighted by molar-refractivity contribution is -0.297. The average molecular weight is 711 g/mol. The molecule has 1 spiro atoms. The monoisotopic (exact) mass is 710 g/mol. The molecule has 6 N–H and O–H groups in total. The number of fused-ring (bicyclic) bond motifs is 2. The van der Waals surface area contributed by atoms with E-state index >= 15 is 0 Å². The number of allylic oxidation sites excluding steroid dienone is 3. The van der Waals surface area contributed by atoms with Crippen molar-refractivity contribution >= 4 is 23.7 Å². The number of Topliss-reactive ketones (excluding diaryl/α,β-unsaturated/α-hetero) is 1. The molecule has 3 aliphatic carbocycles. The van der Waals surface area contributed by atoms with Gasteiger partial charge in [-0.2, -0.15) is 0 Å². The van der Waals surface area contributed by atoms with Crippen molar-refractivity contribution in [1.82, 2.24) is 0 Å². The average Bonchev–Trinajstić information content (AvgIpc) is 3.38. The molecule has 3 heterocycles. The van der Waals surface area contributed by atoms with Gasteiger partial charge in [0.1, 0.15) is 36.6 Å². The summed E-state index contributed by atoms with van der Waals surface area (Å²) in [5.74, 6) is -7.99. The Morgan fingerprint density at radius 1 is 1.06 bits per heavy atom. The summed E-state index contributed by atoms with van der Waals surface area (Å²) in [7, 11) is 1.04. The smallest absolute Gasteiger partial charge is 0.348 e. The largest absolute Gasteiger partial charge is 0.467 e. The van der Waals surface area contributed by atoms with Crippen molar-refractivity contribution in [2.45, 2.75) is 102 Å². The molecule has 16 heteroatoms. The molecular weight excluding hydrogens is 664 g/mol. The molecule has 3 saturated heterocycles. The molecule has 16 nitrogen and oxygen atoms in total. The van der Waals surface area contributed by atoms with Gasteiger partial charge in [0.15, 0.2) is 5.76 Å². The second-order valence-electron chi connectivity index (χ2n) is 15.1. The molecule has 2 saturated carbocycles. The Labute approximate surface area is 287 Å². The molecule has 50 heavy (non-hydrogen) atoms. The topological polar surface area (TPSA) is 245 Å². The van der Waals surface area contributed by atoms with Crippen molar-refractivity contribution in [1.29, 1.82) is 0 Å². The highest BCUT2D eigenvalue weighted by Crippen LogP contribution is 2.72. The van der Waals surface area contributed by atoms with Gasteiger partial charge in [-0.05, 0) is 37.2 Å². The van der Waals surface area contributed by atoms with Gasteiger partial charge in [0.25, 0.3) is 0 Å². The number of aliphatic hydroxyl groups is 6. The first-order valence-corrected chi connectivity index (χ1v) is 16.8. The molecule has 6 aliphatic rings. The van der Waals surface area contributed by atoms with Crippen LogP contribution in [0.5, 0.6) is 0 Å². The number of hydrogen-bond acceptors (Lipinski definition) is 16. The predicted molar refractivity (Wildman–Crippen MR) is 164 cm³/mol. The van der Waals surface area contributed by atoms with Crippen LogP contribution >= 0.6 is 0 Å². The number of ketones is 1. The van der Waals surface area contributed by atoms with Crippen molar-refractivity contribution in [3.05, 3.63) is 23.5 Å². The molecule has 6 rings (SSSR count). The third-order valence-electron chi connectivity index (χ3n) is 12.4. The molecule has 0 radical (unpaired) electrons. The predicted octanol–water partition coefficient (Wildman–Crippen LogP) is -1.73. The number of ether oxygens (including phenoxy) is 6. The maximum absolute atomic E-state index is 14.8. The van der Waals surface area contributed by atoms with Crippen LogP contribution in [0.25, 0.3) is 0 Å². The summed E-state index contributed by atoms with van der Waals surface area (Å²) < 4.78 is 34.3. The lowest BCUT2D eigenvalue weighted by Gasteiger charge is -2.67. The minimum absolute atomic E-state index is 0.0391. The van der Waals surface area contributed by atoms with E-state index in [0.29, 0.717) is 5.57 Å². The number of carbonyl (C=O) groups is 4. The number of hydrogen-bond donors (Lipinski definition) is 6. The Balaban J connectivity index is 1.45. The Morgan fingerprint density at radius 3 is 2.36 bits per heavy atom. The first-order chi connectivity index (χ1) is 23.4. The molecule has 278 valence electrons. The molecule has 0 aromatic heterocycles. The van der Waals surface area contributed by atoms with Gasteiger partial charge in [-0.3, -0.25) is 4.79 Å². The Morgan fingerprint density at radius 2 is 1.74 bits per heavy atom. The van der Waals surface area contributed by atoms with Gasteiger partial charge in [-0.1, -0.05) is 33.3 Å². The molecule has 0 aromatic carbocycles. The first kappa shape index (κ1) is 36.8. The molecule has 3 aliphatic heterocycles. The maximum atomic E-state index is 14.8. The van der Waals surface area contributed by atoms with Gasteiger partial charge in [-0.15, -0.1) is 0 Å². The SMILES string of the molecule is COC(=O)[C@]12OC[C@]34[C@H]([C@@H](O)[C@@H]1O)[C@@]1(C)C(=O)C(O[C@@H]5O[C@H](CO)[C@@H](O)[C@H](O)[C@H]5O)=C[C@@H](C)[C@@H]1C[C@H]3OC(=O)[C@H](OC(=O)/C=C(\C)C(C)C)[C@@H]24. The van der Waals surface area contributed by atoms with Gasteiger partial charge < -0.3 is 59.1 Å². The van der Waals surface area contributed by atoms with Crippen molar-refractivity contribution in [2.24, 2.45) is 40.4 Å². The van der Waals surface area contributed by atoms with E-state index in [1.165, 1.54) is 12.2 Å². The quantitative estimate of drug-likeness (QED) is 0.0976. The van der Waals surface area contributed by atoms with Crippen LogP contribution in [0.4, 0.5) is 0 Å². The summed E-state index contributed by atoms with van der Waals surface area (Å²) in [5.41, 5.74) is -4.95. The Hall–Kier alpha value is -2.96. The normalized spacial score (nSPS) is 48.2. The molecular formula is C34H46O16. The van der Waals surface area contributed by atoms with Crippen LogP contribution in [0.3, 0.4) is 0 Å². The molecule has 0 aromatic rings. The minimum atomic E-state index is -2.39. The number of methoxy groups -OCH3 is 1. The summed E-state index contributed by atoms with van der Waals surface area (Å²) >= 11 is 0. The maximum Gasteiger partial charge on any atom is 0.348 e. The highest BCUT2D eigenvalue weighted by atomic mass is 16.7. The summed E-state index contributed by atoms with van der Waals surface area (Å²) in [4.78, 5) is 55.4. The lowest BCUT2D eigenvalue weighted by atomic mass is 9.37. The van der Waals surface area contributed by atoms with Crippen molar-refractivity contribution in [2.75, 3.05) is 20.3 Å². The number of aliphatic hydroxyl groups excluding tert-OH is 6. The van der Waals surface area contributed by atoms with E-state index in [9.17, 15) is 49.8 Å². The fourth-order valence-corrected chi connectivity index (χ4v) is 9.71. The van der Waals surface area contributed by atoms with Gasteiger partial charge >= 0.3 is 17.9 Å². The van der Waals surface area contributed by atoms with E-state index < -0.39 is 132 Å². The van der Waals surface area contributed by atoms with Crippen LogP contribution < -0.4 is 0 Å². The fourth-order valence-electron chi connectivity index (χ4n) is 9.71. The Bertz CT molecular complexity index is 1490. The third-order valence-corrected chi connectivity index (χ3v) is 12.4. The summed E-state index contributed by atoms with van der Waals surface area (Å²) in [6.45, 7) is 7.61. The molecule has 5 fully saturated rings. The van der Waals surface area contributed by atoms with Crippen molar-refractivity contribution < 1.29 is 78.2 Å². The zero-order chi connectivity index (χ0) is 36.8. The van der Waals surface area contributed by atoms with Crippen LogP contribution in [0.2, 0.25) is 0 Å². The zero-order valence-electron chi connectivity index (χ0n) is 28.6. The lowest BCUT2D eigenvalue weighted by Crippen LogP contribution is -2.80. The number of rotatable bonds is 7. The van der Waals surface area contributed by atoms with Crippen LogP contribution in [0.1, 0.15) is 41.0 Å². The number of carbonyl (C=O) groups excluding carboxylic acids is 4. The van der Waals surface area contributed by atoms with Gasteiger partial charge in [0.2, 0.25) is 23.8 Å². The van der Waals surface area contributed by atoms with E-state index in [1.807, 2.05) is 13.8 Å². The molecule has 0 amide bonds. The van der Waals surface area contributed by atoms with Gasteiger partial charge in [-0.25, -0.2) is 14.4 Å². The van der Waals surface area contributed by atoms with Crippen LogP contribution in [-0.4, -0.2) is 135 Å². The van der Waals surface area contributed by atoms with Crippen LogP contribution in [0.15, 0.2) is 23.5 Å². The highest BCUT2D eigenvalue weighted by Gasteiger charge is 2.86. The second-order valence-corrected chi connectivity index (χ2v) is 15.1. The molecule has 2 bridgehead atoms. The van der Waals surface area contributed by atoms with Crippen molar-refractivity contribution in [3.8, 4) is 0 Å². The fraction of sp³-hybridized carbons (Fsp3) is 0.765. The minimum Gasteiger partial charge on any atom is -0.467 e. The number of esters is 3. The highest BCUT2D eigenvalue weighted by molar-refractivity contribution is 6.00. The Kier molecular flexibility index (Phi) is 9.29. The van der Waals surface area contributed by atoms with Crippen molar-refractivity contribution in [3.63, 3.8) is 0 Å². The van der Waals surface area contributed by atoms with Crippen LogP contribution in [-0.2, 0) is 47.6 Å². The second kappa shape index (κ2) is 12.6. The summed E-state index contributed by atoms with van der Waals surface area (Å²) in [6.07, 6.45) is -12.3. The molecule has 16 atom stereocenters.